The lowest BCUT2D eigenvalue weighted by Gasteiger charge is -2.01. The van der Waals surface area contributed by atoms with Crippen LogP contribution in [-0.4, -0.2) is 19.9 Å². The summed E-state index contributed by atoms with van der Waals surface area (Å²) in [6.45, 7) is 0. The molecule has 4 nitrogen and oxygen atoms in total. The van der Waals surface area contributed by atoms with Gasteiger partial charge in [-0.05, 0) is 30.3 Å². The first-order valence-electron chi connectivity index (χ1n) is 8.69. The molecule has 1 aromatic carbocycles. The smallest absolute Gasteiger partial charge is 0.124 e. The maximum Gasteiger partial charge on any atom is 0.124 e. The van der Waals surface area contributed by atoms with Crippen LogP contribution in [0.15, 0.2) is 84.1 Å². The molecular weight excluding hydrogens is 384 g/mol. The van der Waals surface area contributed by atoms with Gasteiger partial charge in [0.05, 0.1) is 11.4 Å². The Morgan fingerprint density at radius 2 is 1.00 bits per heavy atom. The van der Waals surface area contributed by atoms with Gasteiger partial charge in [0.15, 0.2) is 0 Å². The number of pyridine rings is 2. The Bertz CT molecular complexity index is 1120. The summed E-state index contributed by atoms with van der Waals surface area (Å²) < 4.78 is 0. The molecule has 4 aromatic heterocycles. The number of hydrogen-bond acceptors (Lipinski definition) is 6. The lowest BCUT2D eigenvalue weighted by molar-refractivity contribution is 1.31. The Balaban J connectivity index is 1.46. The predicted octanol–water partition coefficient (Wildman–Crippen LogP) is 6.06. The zero-order chi connectivity index (χ0) is 18.8. The van der Waals surface area contributed by atoms with Gasteiger partial charge >= 0.3 is 0 Å². The third-order valence-electron chi connectivity index (χ3n) is 4.32. The molecule has 0 unspecified atom stereocenters. The van der Waals surface area contributed by atoms with Crippen molar-refractivity contribution in [2.45, 2.75) is 0 Å². The third kappa shape index (κ3) is 3.35. The summed E-state index contributed by atoms with van der Waals surface area (Å²) in [7, 11) is 0. The van der Waals surface area contributed by atoms with E-state index in [4.69, 9.17) is 9.97 Å². The highest BCUT2D eigenvalue weighted by atomic mass is 32.1. The van der Waals surface area contributed by atoms with Gasteiger partial charge in [0.25, 0.3) is 0 Å². The van der Waals surface area contributed by atoms with Crippen molar-refractivity contribution in [1.29, 1.82) is 0 Å². The minimum absolute atomic E-state index is 0.974. The lowest BCUT2D eigenvalue weighted by atomic mass is 10.1. The maximum atomic E-state index is 4.81. The fourth-order valence-electron chi connectivity index (χ4n) is 2.91. The predicted molar refractivity (Wildman–Crippen MR) is 115 cm³/mol. The SMILES string of the molecule is c1cc(-c2nc(-c3ccncc3)cs2)cc(-c2nc(-c3ccncc3)cs2)c1. The quantitative estimate of drug-likeness (QED) is 0.369. The highest BCUT2D eigenvalue weighted by molar-refractivity contribution is 7.14. The van der Waals surface area contributed by atoms with Gasteiger partial charge in [-0.25, -0.2) is 9.97 Å². The third-order valence-corrected chi connectivity index (χ3v) is 6.10. The van der Waals surface area contributed by atoms with E-state index in [1.807, 2.05) is 24.3 Å². The zero-order valence-corrected chi connectivity index (χ0v) is 16.3. The Morgan fingerprint density at radius 1 is 0.536 bits per heavy atom. The fourth-order valence-corrected chi connectivity index (χ4v) is 4.56. The molecule has 6 heteroatoms. The van der Waals surface area contributed by atoms with E-state index in [0.717, 1.165) is 43.7 Å². The summed E-state index contributed by atoms with van der Waals surface area (Å²) in [6.07, 6.45) is 7.16. The number of hydrogen-bond donors (Lipinski definition) is 0. The first-order chi connectivity index (χ1) is 13.9. The van der Waals surface area contributed by atoms with Crippen LogP contribution in [0.2, 0.25) is 0 Å². The second-order valence-electron chi connectivity index (χ2n) is 6.13. The molecule has 0 radical (unpaired) electrons. The van der Waals surface area contributed by atoms with Gasteiger partial charge in [-0.2, -0.15) is 0 Å². The largest absolute Gasteiger partial charge is 0.265 e. The normalized spacial score (nSPS) is 10.9. The Labute approximate surface area is 170 Å². The molecule has 0 bridgehead atoms. The van der Waals surface area contributed by atoms with E-state index in [1.54, 1.807) is 47.5 Å². The Morgan fingerprint density at radius 3 is 1.46 bits per heavy atom. The molecule has 0 amide bonds. The molecule has 134 valence electrons. The van der Waals surface area contributed by atoms with Crippen molar-refractivity contribution in [3.8, 4) is 43.7 Å². The monoisotopic (exact) mass is 398 g/mol. The first-order valence-corrected chi connectivity index (χ1v) is 10.5. The highest BCUT2D eigenvalue weighted by Crippen LogP contribution is 2.33. The topological polar surface area (TPSA) is 51.6 Å². The Kier molecular flexibility index (Phi) is 4.48. The van der Waals surface area contributed by atoms with Gasteiger partial charge < -0.3 is 0 Å². The van der Waals surface area contributed by atoms with Crippen LogP contribution < -0.4 is 0 Å². The second-order valence-corrected chi connectivity index (χ2v) is 7.84. The van der Waals surface area contributed by atoms with Crippen LogP contribution in [-0.2, 0) is 0 Å². The maximum absolute atomic E-state index is 4.81. The molecule has 0 atom stereocenters. The van der Waals surface area contributed by atoms with Crippen molar-refractivity contribution in [2.75, 3.05) is 0 Å². The number of benzene rings is 1. The van der Waals surface area contributed by atoms with Gasteiger partial charge in [-0.3, -0.25) is 9.97 Å². The van der Waals surface area contributed by atoms with Gasteiger partial charge in [0.2, 0.25) is 0 Å². The molecule has 0 fully saturated rings. The molecule has 0 aliphatic heterocycles. The number of nitrogens with zero attached hydrogens (tertiary/aromatic N) is 4. The van der Waals surface area contributed by atoms with Crippen molar-refractivity contribution in [2.24, 2.45) is 0 Å². The van der Waals surface area contributed by atoms with E-state index in [-0.39, 0.29) is 0 Å². The summed E-state index contributed by atoms with van der Waals surface area (Å²) in [4.78, 5) is 17.8. The van der Waals surface area contributed by atoms with Gasteiger partial charge in [0.1, 0.15) is 10.0 Å². The summed E-state index contributed by atoms with van der Waals surface area (Å²) in [6, 6.07) is 16.3. The molecule has 0 saturated carbocycles. The number of rotatable bonds is 4. The van der Waals surface area contributed by atoms with E-state index in [9.17, 15) is 0 Å². The molecule has 5 aromatic rings. The van der Waals surface area contributed by atoms with E-state index in [0.29, 0.717) is 0 Å². The number of aromatic nitrogens is 4. The van der Waals surface area contributed by atoms with E-state index < -0.39 is 0 Å². The standard InChI is InChI=1S/C22H14N4S2/c1-2-17(21-25-19(13-27-21)15-4-8-23-9-5-15)12-18(3-1)22-26-20(14-28-22)16-6-10-24-11-7-16/h1-14H. The van der Waals surface area contributed by atoms with Gasteiger partial charge in [-0.1, -0.05) is 18.2 Å². The van der Waals surface area contributed by atoms with E-state index >= 15 is 0 Å². The van der Waals surface area contributed by atoms with Crippen LogP contribution in [0.3, 0.4) is 0 Å². The molecule has 0 spiro atoms. The van der Waals surface area contributed by atoms with Crippen molar-refractivity contribution < 1.29 is 0 Å². The molecule has 5 rings (SSSR count). The molecule has 0 aliphatic rings. The van der Waals surface area contributed by atoms with Gasteiger partial charge in [-0.15, -0.1) is 22.7 Å². The van der Waals surface area contributed by atoms with Crippen LogP contribution >= 0.6 is 22.7 Å². The average molecular weight is 399 g/mol. The highest BCUT2D eigenvalue weighted by Gasteiger charge is 2.10. The molecule has 0 aliphatic carbocycles. The second kappa shape index (κ2) is 7.42. The summed E-state index contributed by atoms with van der Waals surface area (Å²) >= 11 is 3.30. The van der Waals surface area contributed by atoms with Crippen LogP contribution in [0.25, 0.3) is 43.7 Å². The van der Waals surface area contributed by atoms with Crippen molar-refractivity contribution >= 4 is 22.7 Å². The van der Waals surface area contributed by atoms with E-state index in [2.05, 4.69) is 45.0 Å². The lowest BCUT2D eigenvalue weighted by Crippen LogP contribution is -1.83. The van der Waals surface area contributed by atoms with Crippen LogP contribution in [0.4, 0.5) is 0 Å². The minimum Gasteiger partial charge on any atom is -0.265 e. The summed E-state index contributed by atoms with van der Waals surface area (Å²) in [5, 5.41) is 6.17. The summed E-state index contributed by atoms with van der Waals surface area (Å²) in [5.41, 5.74) is 6.31. The molecule has 4 heterocycles. The zero-order valence-electron chi connectivity index (χ0n) is 14.7. The first kappa shape index (κ1) is 16.9. The van der Waals surface area contributed by atoms with E-state index in [1.165, 1.54) is 0 Å². The van der Waals surface area contributed by atoms with Crippen molar-refractivity contribution in [3.63, 3.8) is 0 Å². The molecular formula is C22H14N4S2. The minimum atomic E-state index is 0.974. The Hall–Kier alpha value is -3.22. The van der Waals surface area contributed by atoms with Crippen LogP contribution in [0.1, 0.15) is 0 Å². The van der Waals surface area contributed by atoms with Crippen LogP contribution in [0, 0.1) is 0 Å². The van der Waals surface area contributed by atoms with Gasteiger partial charge in [0, 0.05) is 57.8 Å². The molecule has 0 N–H and O–H groups in total. The summed E-state index contributed by atoms with van der Waals surface area (Å²) in [5.74, 6) is 0. The fraction of sp³-hybridized carbons (Fsp3) is 0. The van der Waals surface area contributed by atoms with Crippen LogP contribution in [0.5, 0.6) is 0 Å². The number of thiazole rings is 2. The molecule has 28 heavy (non-hydrogen) atoms. The molecule has 0 saturated heterocycles. The average Bonchev–Trinajstić information content (AvgIpc) is 3.46. The van der Waals surface area contributed by atoms with Crippen molar-refractivity contribution in [3.05, 3.63) is 84.1 Å². The van der Waals surface area contributed by atoms with Crippen molar-refractivity contribution in [1.82, 2.24) is 19.9 Å².